The van der Waals surface area contributed by atoms with E-state index >= 15 is 0 Å². The molecule has 1 unspecified atom stereocenters. The van der Waals surface area contributed by atoms with Crippen molar-refractivity contribution in [2.75, 3.05) is 7.11 Å². The largest absolute Gasteiger partial charge is 0.377 e. The topological polar surface area (TPSA) is 47.3 Å². The number of methoxy groups -OCH3 is 1. The zero-order valence-corrected chi connectivity index (χ0v) is 10.7. The average Bonchev–Trinajstić information content (AvgIpc) is 2.27. The van der Waals surface area contributed by atoms with E-state index in [1.807, 2.05) is 0 Å². The summed E-state index contributed by atoms with van der Waals surface area (Å²) in [4.78, 5) is 0. The van der Waals surface area contributed by atoms with E-state index < -0.39 is 0 Å². The van der Waals surface area contributed by atoms with Crippen LogP contribution in [0.3, 0.4) is 0 Å². The van der Waals surface area contributed by atoms with Crippen LogP contribution in [0.1, 0.15) is 30.4 Å². The summed E-state index contributed by atoms with van der Waals surface area (Å²) < 4.78 is 5.69. The highest BCUT2D eigenvalue weighted by Gasteiger charge is 2.43. The molecule has 17 heavy (non-hydrogen) atoms. The Balaban J connectivity index is 2.09. The van der Waals surface area contributed by atoms with Gasteiger partial charge in [-0.15, -0.1) is 0 Å². The molecule has 1 aromatic rings. The van der Waals surface area contributed by atoms with Gasteiger partial charge >= 0.3 is 0 Å². The second-order valence-corrected chi connectivity index (χ2v) is 5.03. The normalized spacial score (nSPS) is 19.7. The van der Waals surface area contributed by atoms with Gasteiger partial charge in [-0.3, -0.25) is 11.3 Å². The Morgan fingerprint density at radius 3 is 2.71 bits per heavy atom. The molecule has 0 radical (unpaired) electrons. The molecular weight excluding hydrogens is 212 g/mol. The highest BCUT2D eigenvalue weighted by atomic mass is 16.5. The van der Waals surface area contributed by atoms with Crippen LogP contribution >= 0.6 is 0 Å². The smallest absolute Gasteiger partial charge is 0.0847 e. The van der Waals surface area contributed by atoms with Crippen LogP contribution in [0, 0.1) is 6.92 Å². The van der Waals surface area contributed by atoms with Gasteiger partial charge in [-0.1, -0.05) is 29.8 Å². The van der Waals surface area contributed by atoms with Gasteiger partial charge in [0.05, 0.1) is 11.6 Å². The third kappa shape index (κ3) is 2.51. The first kappa shape index (κ1) is 12.6. The molecule has 0 spiro atoms. The first-order valence-corrected chi connectivity index (χ1v) is 6.27. The number of hydrogen-bond acceptors (Lipinski definition) is 3. The van der Waals surface area contributed by atoms with Crippen LogP contribution < -0.4 is 11.3 Å². The van der Waals surface area contributed by atoms with E-state index in [9.17, 15) is 0 Å². The van der Waals surface area contributed by atoms with Crippen LogP contribution in [0.5, 0.6) is 0 Å². The number of hydrogen-bond donors (Lipinski definition) is 2. The zero-order valence-electron chi connectivity index (χ0n) is 10.7. The lowest BCUT2D eigenvalue weighted by molar-refractivity contribution is -0.0982. The highest BCUT2D eigenvalue weighted by Crippen LogP contribution is 2.38. The van der Waals surface area contributed by atoms with Gasteiger partial charge in [0.1, 0.15) is 0 Å². The number of hydrazine groups is 1. The molecule has 1 aliphatic rings. The van der Waals surface area contributed by atoms with Crippen LogP contribution in [-0.2, 0) is 11.2 Å². The fraction of sp³-hybridized carbons (Fsp3) is 0.571. The average molecular weight is 234 g/mol. The summed E-state index contributed by atoms with van der Waals surface area (Å²) in [6.45, 7) is 2.11. The van der Waals surface area contributed by atoms with Crippen molar-refractivity contribution in [1.82, 2.24) is 5.43 Å². The molecule has 1 saturated carbocycles. The number of ether oxygens (including phenoxy) is 1. The summed E-state index contributed by atoms with van der Waals surface area (Å²) in [7, 11) is 1.79. The van der Waals surface area contributed by atoms with E-state index in [1.165, 1.54) is 17.5 Å². The molecule has 1 fully saturated rings. The molecular formula is C14H22N2O. The number of nitrogens with one attached hydrogen (secondary N) is 1. The lowest BCUT2D eigenvalue weighted by Gasteiger charge is -2.46. The first-order chi connectivity index (χ1) is 8.20. The Bertz CT molecular complexity index is 369. The number of aryl methyl sites for hydroxylation is 1. The first-order valence-electron chi connectivity index (χ1n) is 6.27. The summed E-state index contributed by atoms with van der Waals surface area (Å²) >= 11 is 0. The predicted molar refractivity (Wildman–Crippen MR) is 69.6 cm³/mol. The molecule has 94 valence electrons. The molecule has 0 bridgehead atoms. The molecule has 0 aliphatic heterocycles. The number of rotatable bonds is 5. The maximum absolute atomic E-state index is 5.70. The van der Waals surface area contributed by atoms with Crippen LogP contribution in [0.15, 0.2) is 24.3 Å². The molecule has 0 saturated heterocycles. The third-order valence-electron chi connectivity index (χ3n) is 3.96. The van der Waals surface area contributed by atoms with Crippen LogP contribution in [0.2, 0.25) is 0 Å². The second-order valence-electron chi connectivity index (χ2n) is 5.03. The molecule has 2 rings (SSSR count). The SMILES string of the molecule is COC1(C(Cc2cccc(C)c2)NN)CCC1. The monoisotopic (exact) mass is 234 g/mol. The van der Waals surface area contributed by atoms with Crippen LogP contribution in [0.4, 0.5) is 0 Å². The summed E-state index contributed by atoms with van der Waals surface area (Å²) in [5.74, 6) is 5.70. The number of benzene rings is 1. The summed E-state index contributed by atoms with van der Waals surface area (Å²) in [6.07, 6.45) is 4.36. The molecule has 0 heterocycles. The Labute approximate surface area is 103 Å². The van der Waals surface area contributed by atoms with Crippen molar-refractivity contribution in [1.29, 1.82) is 0 Å². The number of nitrogens with two attached hydrogens (primary N) is 1. The van der Waals surface area contributed by atoms with Gasteiger partial charge in [0, 0.05) is 7.11 Å². The molecule has 1 aliphatic carbocycles. The van der Waals surface area contributed by atoms with Gasteiger partial charge < -0.3 is 4.74 Å². The quantitative estimate of drug-likeness (QED) is 0.604. The predicted octanol–water partition coefficient (Wildman–Crippen LogP) is 1.94. The minimum Gasteiger partial charge on any atom is -0.377 e. The van der Waals surface area contributed by atoms with Gasteiger partial charge in [0.15, 0.2) is 0 Å². The van der Waals surface area contributed by atoms with Crippen molar-refractivity contribution in [2.45, 2.75) is 44.2 Å². The van der Waals surface area contributed by atoms with E-state index in [-0.39, 0.29) is 11.6 Å². The van der Waals surface area contributed by atoms with Crippen molar-refractivity contribution < 1.29 is 4.74 Å². The fourth-order valence-electron chi connectivity index (χ4n) is 2.69. The van der Waals surface area contributed by atoms with Crippen molar-refractivity contribution in [3.8, 4) is 0 Å². The third-order valence-corrected chi connectivity index (χ3v) is 3.96. The van der Waals surface area contributed by atoms with Gasteiger partial charge in [-0.05, 0) is 38.2 Å². The lowest BCUT2D eigenvalue weighted by atomic mass is 9.73. The van der Waals surface area contributed by atoms with Crippen molar-refractivity contribution in [3.05, 3.63) is 35.4 Å². The summed E-state index contributed by atoms with van der Waals surface area (Å²) in [5, 5.41) is 0. The van der Waals surface area contributed by atoms with E-state index in [0.717, 1.165) is 19.3 Å². The fourth-order valence-corrected chi connectivity index (χ4v) is 2.69. The van der Waals surface area contributed by atoms with E-state index in [1.54, 1.807) is 7.11 Å². The van der Waals surface area contributed by atoms with E-state index in [0.29, 0.717) is 0 Å². The van der Waals surface area contributed by atoms with Gasteiger partial charge in [0.25, 0.3) is 0 Å². The Hall–Kier alpha value is -0.900. The standard InChI is InChI=1S/C14H22N2O/c1-11-5-3-6-12(9-11)10-13(16-15)14(17-2)7-4-8-14/h3,5-6,9,13,16H,4,7-8,10,15H2,1-2H3. The lowest BCUT2D eigenvalue weighted by Crippen LogP contribution is -2.59. The molecule has 0 amide bonds. The minimum absolute atomic E-state index is 0.0570. The van der Waals surface area contributed by atoms with Crippen molar-refractivity contribution in [3.63, 3.8) is 0 Å². The zero-order chi connectivity index (χ0) is 12.3. The molecule has 1 atom stereocenters. The van der Waals surface area contributed by atoms with Crippen molar-refractivity contribution in [2.24, 2.45) is 5.84 Å². The Kier molecular flexibility index (Phi) is 3.82. The van der Waals surface area contributed by atoms with Gasteiger partial charge in [-0.2, -0.15) is 0 Å². The minimum atomic E-state index is -0.0570. The Morgan fingerprint density at radius 2 is 2.24 bits per heavy atom. The molecule has 1 aromatic carbocycles. The maximum Gasteiger partial charge on any atom is 0.0847 e. The molecule has 3 heteroatoms. The molecule has 3 nitrogen and oxygen atoms in total. The molecule has 0 aromatic heterocycles. The van der Waals surface area contributed by atoms with Gasteiger partial charge in [0.2, 0.25) is 0 Å². The second kappa shape index (κ2) is 5.17. The highest BCUT2D eigenvalue weighted by molar-refractivity contribution is 5.24. The van der Waals surface area contributed by atoms with Crippen LogP contribution in [-0.4, -0.2) is 18.8 Å². The van der Waals surface area contributed by atoms with Crippen molar-refractivity contribution >= 4 is 0 Å². The maximum atomic E-state index is 5.70. The van der Waals surface area contributed by atoms with Gasteiger partial charge in [-0.25, -0.2) is 0 Å². The Morgan fingerprint density at radius 1 is 1.47 bits per heavy atom. The van der Waals surface area contributed by atoms with E-state index in [4.69, 9.17) is 10.6 Å². The van der Waals surface area contributed by atoms with E-state index in [2.05, 4.69) is 36.6 Å². The molecule has 3 N–H and O–H groups in total. The summed E-state index contributed by atoms with van der Waals surface area (Å²) in [6, 6.07) is 8.77. The summed E-state index contributed by atoms with van der Waals surface area (Å²) in [5.41, 5.74) is 5.49. The van der Waals surface area contributed by atoms with Crippen LogP contribution in [0.25, 0.3) is 0 Å².